The highest BCUT2D eigenvalue weighted by Crippen LogP contribution is 2.42. The maximum Gasteiger partial charge on any atom is 0.303 e. The molecular weight excluding hydrogens is 132 g/mol. The summed E-state index contributed by atoms with van der Waals surface area (Å²) in [6, 6.07) is 0. The van der Waals surface area contributed by atoms with E-state index in [1.807, 2.05) is 0 Å². The molecule has 0 atom stereocenters. The van der Waals surface area contributed by atoms with Crippen LogP contribution in [0.25, 0.3) is 0 Å². The highest BCUT2D eigenvalue weighted by atomic mass is 16.5. The molecule has 0 aromatic carbocycles. The lowest BCUT2D eigenvalue weighted by Crippen LogP contribution is -2.13. The molecule has 0 heterocycles. The minimum atomic E-state index is -0.733. The number of rotatable bonds is 4. The molecule has 3 nitrogen and oxygen atoms in total. The Hall–Kier alpha value is -0.570. The topological polar surface area (TPSA) is 46.5 Å². The minimum Gasteiger partial charge on any atom is -0.481 e. The fourth-order valence-electron chi connectivity index (χ4n) is 1.03. The molecule has 0 bridgehead atoms. The van der Waals surface area contributed by atoms with Crippen molar-refractivity contribution in [2.24, 2.45) is 0 Å². The van der Waals surface area contributed by atoms with Crippen LogP contribution in [0.3, 0.4) is 0 Å². The Morgan fingerprint density at radius 3 is 2.60 bits per heavy atom. The van der Waals surface area contributed by atoms with Crippen LogP contribution in [0.4, 0.5) is 0 Å². The average Bonchev–Trinajstić information content (AvgIpc) is 2.64. The zero-order chi connectivity index (χ0) is 7.61. The number of ether oxygens (including phenoxy) is 1. The van der Waals surface area contributed by atoms with Crippen molar-refractivity contribution in [2.45, 2.75) is 31.3 Å². The van der Waals surface area contributed by atoms with Gasteiger partial charge in [0, 0.05) is 13.5 Å². The molecule has 58 valence electrons. The number of carboxylic acid groups (broad SMARTS) is 1. The van der Waals surface area contributed by atoms with Gasteiger partial charge in [-0.25, -0.2) is 0 Å². The van der Waals surface area contributed by atoms with Crippen LogP contribution in [0, 0.1) is 0 Å². The van der Waals surface area contributed by atoms with Crippen LogP contribution in [0.2, 0.25) is 0 Å². The van der Waals surface area contributed by atoms with E-state index in [2.05, 4.69) is 0 Å². The number of hydrogen-bond donors (Lipinski definition) is 1. The lowest BCUT2D eigenvalue weighted by Gasteiger charge is -2.09. The van der Waals surface area contributed by atoms with Crippen molar-refractivity contribution in [3.8, 4) is 0 Å². The van der Waals surface area contributed by atoms with E-state index in [4.69, 9.17) is 9.84 Å². The summed E-state index contributed by atoms with van der Waals surface area (Å²) in [5, 5.41) is 8.34. The van der Waals surface area contributed by atoms with Crippen LogP contribution in [-0.2, 0) is 9.53 Å². The molecule has 0 aromatic heterocycles. The summed E-state index contributed by atoms with van der Waals surface area (Å²) in [5.74, 6) is -0.733. The van der Waals surface area contributed by atoms with E-state index < -0.39 is 5.97 Å². The van der Waals surface area contributed by atoms with Crippen LogP contribution in [0.5, 0.6) is 0 Å². The van der Waals surface area contributed by atoms with Crippen molar-refractivity contribution in [1.29, 1.82) is 0 Å². The van der Waals surface area contributed by atoms with Crippen molar-refractivity contribution in [3.63, 3.8) is 0 Å². The molecule has 10 heavy (non-hydrogen) atoms. The quantitative estimate of drug-likeness (QED) is 0.641. The highest BCUT2D eigenvalue weighted by molar-refractivity contribution is 5.66. The van der Waals surface area contributed by atoms with Gasteiger partial charge in [-0.05, 0) is 19.3 Å². The van der Waals surface area contributed by atoms with Gasteiger partial charge < -0.3 is 9.84 Å². The van der Waals surface area contributed by atoms with Gasteiger partial charge in [0.05, 0.1) is 5.60 Å². The predicted octanol–water partition coefficient (Wildman–Crippen LogP) is 1.03. The molecule has 1 aliphatic carbocycles. The second-order valence-corrected chi connectivity index (χ2v) is 2.78. The van der Waals surface area contributed by atoms with E-state index in [0.29, 0.717) is 6.42 Å². The van der Waals surface area contributed by atoms with Gasteiger partial charge in [-0.15, -0.1) is 0 Å². The molecular formula is C7H12O3. The van der Waals surface area contributed by atoms with Gasteiger partial charge in [0.1, 0.15) is 0 Å². The van der Waals surface area contributed by atoms with E-state index in [-0.39, 0.29) is 12.0 Å². The standard InChI is InChI=1S/C7H12O3/c1-10-7(4-5-7)3-2-6(8)9/h2-5H2,1H3,(H,8,9). The Balaban J connectivity index is 2.19. The fourth-order valence-corrected chi connectivity index (χ4v) is 1.03. The zero-order valence-corrected chi connectivity index (χ0v) is 6.09. The van der Waals surface area contributed by atoms with Crippen molar-refractivity contribution in [2.75, 3.05) is 7.11 Å². The molecule has 1 saturated carbocycles. The van der Waals surface area contributed by atoms with Gasteiger partial charge in [-0.2, -0.15) is 0 Å². The Morgan fingerprint density at radius 2 is 2.30 bits per heavy atom. The second-order valence-electron chi connectivity index (χ2n) is 2.78. The Morgan fingerprint density at radius 1 is 1.70 bits per heavy atom. The number of aliphatic carboxylic acids is 1. The van der Waals surface area contributed by atoms with Crippen molar-refractivity contribution in [1.82, 2.24) is 0 Å². The monoisotopic (exact) mass is 144 g/mol. The molecule has 0 spiro atoms. The summed E-state index contributed by atoms with van der Waals surface area (Å²) in [4.78, 5) is 10.1. The first-order valence-corrected chi connectivity index (χ1v) is 3.45. The summed E-state index contributed by atoms with van der Waals surface area (Å²) < 4.78 is 5.14. The largest absolute Gasteiger partial charge is 0.481 e. The summed E-state index contributed by atoms with van der Waals surface area (Å²) in [5.41, 5.74) is -0.0572. The van der Waals surface area contributed by atoms with Gasteiger partial charge in [-0.1, -0.05) is 0 Å². The number of methoxy groups -OCH3 is 1. The average molecular weight is 144 g/mol. The lowest BCUT2D eigenvalue weighted by molar-refractivity contribution is -0.137. The number of carbonyl (C=O) groups is 1. The van der Waals surface area contributed by atoms with Crippen LogP contribution in [0.1, 0.15) is 25.7 Å². The SMILES string of the molecule is COC1(CCC(=O)O)CC1. The van der Waals surface area contributed by atoms with Crippen molar-refractivity contribution >= 4 is 5.97 Å². The first-order chi connectivity index (χ1) is 4.68. The smallest absolute Gasteiger partial charge is 0.303 e. The normalized spacial score (nSPS) is 20.5. The molecule has 0 unspecified atom stereocenters. The maximum atomic E-state index is 10.1. The van der Waals surface area contributed by atoms with Crippen LogP contribution in [-0.4, -0.2) is 23.8 Å². The summed E-state index contributed by atoms with van der Waals surface area (Å²) in [6.07, 6.45) is 2.94. The van der Waals surface area contributed by atoms with E-state index >= 15 is 0 Å². The highest BCUT2D eigenvalue weighted by Gasteiger charge is 2.42. The molecule has 0 aliphatic heterocycles. The predicted molar refractivity (Wildman–Crippen MR) is 35.8 cm³/mol. The maximum absolute atomic E-state index is 10.1. The van der Waals surface area contributed by atoms with Gasteiger partial charge >= 0.3 is 5.97 Å². The van der Waals surface area contributed by atoms with E-state index in [1.165, 1.54) is 0 Å². The van der Waals surface area contributed by atoms with Gasteiger partial charge in [0.25, 0.3) is 0 Å². The summed E-state index contributed by atoms with van der Waals surface area (Å²) in [7, 11) is 1.65. The molecule has 1 N–H and O–H groups in total. The van der Waals surface area contributed by atoms with E-state index in [9.17, 15) is 4.79 Å². The lowest BCUT2D eigenvalue weighted by atomic mass is 10.2. The molecule has 1 rings (SSSR count). The van der Waals surface area contributed by atoms with Crippen LogP contribution < -0.4 is 0 Å². The minimum absolute atomic E-state index is 0.0572. The third-order valence-electron chi connectivity index (χ3n) is 2.04. The first kappa shape index (κ1) is 7.54. The number of hydrogen-bond acceptors (Lipinski definition) is 2. The van der Waals surface area contributed by atoms with Gasteiger partial charge in [0.15, 0.2) is 0 Å². The summed E-state index contributed by atoms with van der Waals surface area (Å²) >= 11 is 0. The van der Waals surface area contributed by atoms with E-state index in [1.54, 1.807) is 7.11 Å². The van der Waals surface area contributed by atoms with Crippen molar-refractivity contribution < 1.29 is 14.6 Å². The zero-order valence-electron chi connectivity index (χ0n) is 6.09. The van der Waals surface area contributed by atoms with E-state index in [0.717, 1.165) is 12.8 Å². The molecule has 1 aliphatic rings. The fraction of sp³-hybridized carbons (Fsp3) is 0.857. The molecule has 1 fully saturated rings. The molecule has 0 aromatic rings. The second kappa shape index (κ2) is 2.58. The third kappa shape index (κ3) is 1.70. The first-order valence-electron chi connectivity index (χ1n) is 3.45. The summed E-state index contributed by atoms with van der Waals surface area (Å²) in [6.45, 7) is 0. The Labute approximate surface area is 60.0 Å². The molecule has 3 heteroatoms. The third-order valence-corrected chi connectivity index (χ3v) is 2.04. The van der Waals surface area contributed by atoms with Crippen molar-refractivity contribution in [3.05, 3.63) is 0 Å². The Kier molecular flexibility index (Phi) is 1.94. The Bertz CT molecular complexity index is 138. The van der Waals surface area contributed by atoms with Crippen LogP contribution in [0.15, 0.2) is 0 Å². The number of carboxylic acids is 1. The van der Waals surface area contributed by atoms with Gasteiger partial charge in [0.2, 0.25) is 0 Å². The molecule has 0 amide bonds. The van der Waals surface area contributed by atoms with Gasteiger partial charge in [-0.3, -0.25) is 4.79 Å². The molecule has 0 saturated heterocycles. The molecule has 0 radical (unpaired) electrons. The van der Waals surface area contributed by atoms with Crippen LogP contribution >= 0.6 is 0 Å².